The molecule has 0 aliphatic carbocycles. The van der Waals surface area contributed by atoms with Gasteiger partial charge in [-0.2, -0.15) is 5.10 Å². The number of nitrogens with one attached hydrogen (secondary N) is 1. The number of rotatable bonds is 2. The van der Waals surface area contributed by atoms with Crippen molar-refractivity contribution >= 4 is 5.82 Å². The third kappa shape index (κ3) is 1.96. The van der Waals surface area contributed by atoms with Gasteiger partial charge >= 0.3 is 0 Å². The highest BCUT2D eigenvalue weighted by Crippen LogP contribution is 2.36. The predicted octanol–water partition coefficient (Wildman–Crippen LogP) is 3.22. The molecule has 0 amide bonds. The van der Waals surface area contributed by atoms with Crippen LogP contribution in [0.1, 0.15) is 34.8 Å². The number of benzene rings is 1. The number of anilines is 1. The van der Waals surface area contributed by atoms with E-state index in [1.54, 1.807) is 7.11 Å². The van der Waals surface area contributed by atoms with Crippen LogP contribution in [-0.2, 0) is 0 Å². The number of hydrogen-bond acceptors (Lipinski definition) is 3. The van der Waals surface area contributed by atoms with Crippen molar-refractivity contribution in [2.45, 2.75) is 33.2 Å². The van der Waals surface area contributed by atoms with E-state index in [2.05, 4.69) is 49.0 Å². The average molecular weight is 271 g/mol. The quantitative estimate of drug-likeness (QED) is 0.911. The van der Waals surface area contributed by atoms with E-state index < -0.39 is 0 Å². The minimum Gasteiger partial charge on any atom is -0.496 e. The summed E-state index contributed by atoms with van der Waals surface area (Å²) in [6.45, 7) is 7.27. The molecule has 0 radical (unpaired) electrons. The summed E-state index contributed by atoms with van der Waals surface area (Å²) in [5, 5.41) is 8.18. The smallest absolute Gasteiger partial charge is 0.128 e. The van der Waals surface area contributed by atoms with Crippen LogP contribution < -0.4 is 10.1 Å². The maximum absolute atomic E-state index is 5.54. The Bertz CT molecular complexity index is 645. The molecule has 1 aromatic carbocycles. The molecular weight excluding hydrogens is 250 g/mol. The van der Waals surface area contributed by atoms with Gasteiger partial charge < -0.3 is 10.1 Å². The van der Waals surface area contributed by atoms with Crippen LogP contribution in [0.15, 0.2) is 18.2 Å². The molecule has 1 N–H and O–H groups in total. The molecule has 3 rings (SSSR count). The van der Waals surface area contributed by atoms with Gasteiger partial charge in [-0.25, -0.2) is 4.68 Å². The normalized spacial score (nSPS) is 17.5. The van der Waals surface area contributed by atoms with Gasteiger partial charge in [0, 0.05) is 17.7 Å². The third-order valence-corrected chi connectivity index (χ3v) is 4.13. The molecule has 0 saturated heterocycles. The van der Waals surface area contributed by atoms with E-state index in [9.17, 15) is 0 Å². The summed E-state index contributed by atoms with van der Waals surface area (Å²) >= 11 is 0. The number of fused-ring (bicyclic) bond motifs is 1. The predicted molar refractivity (Wildman–Crippen MR) is 80.7 cm³/mol. The Morgan fingerprint density at radius 2 is 2.10 bits per heavy atom. The van der Waals surface area contributed by atoms with Gasteiger partial charge in [-0.05, 0) is 33.3 Å². The summed E-state index contributed by atoms with van der Waals surface area (Å²) < 4.78 is 7.66. The van der Waals surface area contributed by atoms with Gasteiger partial charge in [0.1, 0.15) is 11.6 Å². The first-order chi connectivity index (χ1) is 9.61. The number of methoxy groups -OCH3 is 1. The fourth-order valence-corrected chi connectivity index (χ4v) is 2.92. The van der Waals surface area contributed by atoms with E-state index in [0.717, 1.165) is 30.2 Å². The zero-order valence-corrected chi connectivity index (χ0v) is 12.5. The first-order valence-corrected chi connectivity index (χ1v) is 7.06. The van der Waals surface area contributed by atoms with Crippen molar-refractivity contribution in [1.82, 2.24) is 9.78 Å². The van der Waals surface area contributed by atoms with Gasteiger partial charge in [0.05, 0.1) is 18.8 Å². The van der Waals surface area contributed by atoms with Crippen molar-refractivity contribution in [3.8, 4) is 5.75 Å². The van der Waals surface area contributed by atoms with Crippen LogP contribution in [-0.4, -0.2) is 23.4 Å². The van der Waals surface area contributed by atoms with Gasteiger partial charge in [-0.3, -0.25) is 0 Å². The van der Waals surface area contributed by atoms with E-state index >= 15 is 0 Å². The van der Waals surface area contributed by atoms with Gasteiger partial charge in [0.2, 0.25) is 0 Å². The van der Waals surface area contributed by atoms with Gasteiger partial charge in [-0.1, -0.05) is 17.7 Å². The molecule has 1 aliphatic heterocycles. The highest BCUT2D eigenvalue weighted by molar-refractivity contribution is 5.51. The molecule has 0 fully saturated rings. The number of aromatic nitrogens is 2. The Kier molecular flexibility index (Phi) is 3.16. The molecule has 2 heterocycles. The summed E-state index contributed by atoms with van der Waals surface area (Å²) in [7, 11) is 1.73. The second kappa shape index (κ2) is 4.85. The maximum Gasteiger partial charge on any atom is 0.128 e. The SMILES string of the molecule is COc1ccc(C)cc1C1CCNc2c(C)c(C)nn21. The minimum atomic E-state index is 0.244. The Hall–Kier alpha value is -1.97. The van der Waals surface area contributed by atoms with Crippen molar-refractivity contribution in [1.29, 1.82) is 0 Å². The Morgan fingerprint density at radius 1 is 1.30 bits per heavy atom. The largest absolute Gasteiger partial charge is 0.496 e. The Labute approximate surface area is 119 Å². The minimum absolute atomic E-state index is 0.244. The fourth-order valence-electron chi connectivity index (χ4n) is 2.92. The molecule has 20 heavy (non-hydrogen) atoms. The van der Waals surface area contributed by atoms with E-state index in [4.69, 9.17) is 9.84 Å². The van der Waals surface area contributed by atoms with Crippen LogP contribution in [0.4, 0.5) is 5.82 Å². The summed E-state index contributed by atoms with van der Waals surface area (Å²) in [5.41, 5.74) is 4.80. The second-order valence-corrected chi connectivity index (χ2v) is 5.48. The monoisotopic (exact) mass is 271 g/mol. The highest BCUT2D eigenvalue weighted by atomic mass is 16.5. The first-order valence-electron chi connectivity index (χ1n) is 7.06. The van der Waals surface area contributed by atoms with Crippen LogP contribution in [0.25, 0.3) is 0 Å². The number of nitrogens with zero attached hydrogens (tertiary/aromatic N) is 2. The third-order valence-electron chi connectivity index (χ3n) is 4.13. The molecular formula is C16H21N3O. The Balaban J connectivity index is 2.13. The molecule has 1 aliphatic rings. The summed E-state index contributed by atoms with van der Waals surface area (Å²) in [6.07, 6.45) is 1.02. The van der Waals surface area contributed by atoms with Crippen LogP contribution in [0.5, 0.6) is 5.75 Å². The van der Waals surface area contributed by atoms with Crippen LogP contribution in [0, 0.1) is 20.8 Å². The lowest BCUT2D eigenvalue weighted by atomic mass is 9.99. The maximum atomic E-state index is 5.54. The van der Waals surface area contributed by atoms with Crippen molar-refractivity contribution in [3.63, 3.8) is 0 Å². The standard InChI is InChI=1S/C16H21N3O/c1-10-5-6-15(20-4)13(9-10)14-7-8-17-16-11(2)12(3)18-19(14)16/h5-6,9,14,17H,7-8H2,1-4H3. The van der Waals surface area contributed by atoms with Crippen molar-refractivity contribution in [2.75, 3.05) is 19.0 Å². The molecule has 4 nitrogen and oxygen atoms in total. The topological polar surface area (TPSA) is 39.1 Å². The zero-order valence-electron chi connectivity index (χ0n) is 12.5. The lowest BCUT2D eigenvalue weighted by Crippen LogP contribution is -2.25. The molecule has 2 aromatic rings. The lowest BCUT2D eigenvalue weighted by Gasteiger charge is -2.27. The van der Waals surface area contributed by atoms with E-state index in [1.807, 2.05) is 0 Å². The molecule has 1 unspecified atom stereocenters. The van der Waals surface area contributed by atoms with Crippen molar-refractivity contribution in [3.05, 3.63) is 40.6 Å². The van der Waals surface area contributed by atoms with Crippen molar-refractivity contribution in [2.24, 2.45) is 0 Å². The number of hydrogen-bond donors (Lipinski definition) is 1. The van der Waals surface area contributed by atoms with Crippen molar-refractivity contribution < 1.29 is 4.74 Å². The summed E-state index contributed by atoms with van der Waals surface area (Å²) in [6, 6.07) is 6.60. The molecule has 106 valence electrons. The molecule has 4 heteroatoms. The highest BCUT2D eigenvalue weighted by Gasteiger charge is 2.27. The Morgan fingerprint density at radius 3 is 2.85 bits per heavy atom. The summed E-state index contributed by atoms with van der Waals surface area (Å²) in [4.78, 5) is 0. The van der Waals surface area contributed by atoms with Crippen LogP contribution in [0.3, 0.4) is 0 Å². The molecule has 0 spiro atoms. The van der Waals surface area contributed by atoms with Gasteiger partial charge in [0.15, 0.2) is 0 Å². The molecule has 1 atom stereocenters. The lowest BCUT2D eigenvalue weighted by molar-refractivity contribution is 0.391. The number of aryl methyl sites for hydroxylation is 2. The molecule has 0 saturated carbocycles. The van der Waals surface area contributed by atoms with Crippen LogP contribution in [0.2, 0.25) is 0 Å². The average Bonchev–Trinajstić information content (AvgIpc) is 2.74. The van der Waals surface area contributed by atoms with Crippen LogP contribution >= 0.6 is 0 Å². The molecule has 1 aromatic heterocycles. The zero-order chi connectivity index (χ0) is 14.3. The van der Waals surface area contributed by atoms with E-state index in [1.165, 1.54) is 16.7 Å². The van der Waals surface area contributed by atoms with E-state index in [-0.39, 0.29) is 6.04 Å². The molecule has 0 bridgehead atoms. The second-order valence-electron chi connectivity index (χ2n) is 5.48. The fraction of sp³-hybridized carbons (Fsp3) is 0.438. The van der Waals surface area contributed by atoms with Gasteiger partial charge in [0.25, 0.3) is 0 Å². The van der Waals surface area contributed by atoms with Gasteiger partial charge in [-0.15, -0.1) is 0 Å². The number of ether oxygens (including phenoxy) is 1. The van der Waals surface area contributed by atoms with E-state index in [0.29, 0.717) is 0 Å². The summed E-state index contributed by atoms with van der Waals surface area (Å²) in [5.74, 6) is 2.08. The first kappa shape index (κ1) is 13.0.